The largest absolute Gasteiger partial charge is 0.396 e. The van der Waals surface area contributed by atoms with E-state index in [-0.39, 0.29) is 6.61 Å². The zero-order chi connectivity index (χ0) is 11.1. The Morgan fingerprint density at radius 1 is 1.47 bits per heavy atom. The van der Waals surface area contributed by atoms with Gasteiger partial charge in [0.1, 0.15) is 11.9 Å². The van der Waals surface area contributed by atoms with E-state index >= 15 is 0 Å². The van der Waals surface area contributed by atoms with Gasteiger partial charge in [0.25, 0.3) is 0 Å². The smallest absolute Gasteiger partial charge is 0.144 e. The first-order valence-electron chi connectivity index (χ1n) is 5.00. The van der Waals surface area contributed by atoms with E-state index in [0.29, 0.717) is 11.4 Å². The molecule has 80 valence electrons. The number of nitrogens with one attached hydrogen (secondary N) is 1. The lowest BCUT2D eigenvalue weighted by Crippen LogP contribution is -2.06. The summed E-state index contributed by atoms with van der Waals surface area (Å²) < 4.78 is 0. The van der Waals surface area contributed by atoms with Gasteiger partial charge >= 0.3 is 0 Å². The molecule has 0 aliphatic carbocycles. The Morgan fingerprint density at radius 3 is 2.93 bits per heavy atom. The van der Waals surface area contributed by atoms with Crippen LogP contribution in [0, 0.1) is 18.3 Å². The first-order chi connectivity index (χ1) is 7.27. The topological polar surface area (TPSA) is 68.9 Å². The van der Waals surface area contributed by atoms with E-state index in [1.54, 1.807) is 6.07 Å². The maximum Gasteiger partial charge on any atom is 0.144 e. The zero-order valence-corrected chi connectivity index (χ0v) is 8.82. The number of unbranched alkanes of at least 4 members (excludes halogenated alkanes) is 1. The van der Waals surface area contributed by atoms with E-state index in [2.05, 4.69) is 16.4 Å². The van der Waals surface area contributed by atoms with E-state index in [9.17, 15) is 0 Å². The summed E-state index contributed by atoms with van der Waals surface area (Å²) in [6.07, 6.45) is 1.64. The van der Waals surface area contributed by atoms with Crippen molar-refractivity contribution in [1.29, 1.82) is 5.26 Å². The molecule has 0 aliphatic rings. The molecular weight excluding hydrogens is 190 g/mol. The number of aliphatic hydroxyl groups excluding tert-OH is 1. The van der Waals surface area contributed by atoms with Gasteiger partial charge in [-0.2, -0.15) is 5.26 Å². The van der Waals surface area contributed by atoms with Gasteiger partial charge in [-0.25, -0.2) is 4.98 Å². The molecule has 1 heterocycles. The lowest BCUT2D eigenvalue weighted by atomic mass is 10.2. The predicted octanol–water partition coefficient (Wildman–Crippen LogP) is 1.45. The number of aliphatic hydroxyl groups is 1. The van der Waals surface area contributed by atoms with Crippen molar-refractivity contribution in [2.75, 3.05) is 18.5 Å². The van der Waals surface area contributed by atoms with Crippen molar-refractivity contribution in [2.45, 2.75) is 19.8 Å². The van der Waals surface area contributed by atoms with Crippen LogP contribution in [-0.2, 0) is 0 Å². The molecular formula is C11H15N3O. The highest BCUT2D eigenvalue weighted by atomic mass is 16.2. The number of hydrogen-bond donors (Lipinski definition) is 2. The summed E-state index contributed by atoms with van der Waals surface area (Å²) in [6, 6.07) is 5.67. The highest BCUT2D eigenvalue weighted by molar-refractivity contribution is 5.52. The molecule has 0 unspecified atom stereocenters. The van der Waals surface area contributed by atoms with E-state index in [1.807, 2.05) is 13.0 Å². The number of hydrogen-bond acceptors (Lipinski definition) is 4. The van der Waals surface area contributed by atoms with Crippen molar-refractivity contribution in [2.24, 2.45) is 0 Å². The number of aryl methyl sites for hydroxylation is 1. The Bertz CT molecular complexity index is 357. The molecule has 0 atom stereocenters. The zero-order valence-electron chi connectivity index (χ0n) is 8.82. The molecule has 4 nitrogen and oxygen atoms in total. The standard InChI is InChI=1S/C11H15N3O/c1-9-4-5-10(8-12)11(14-9)13-6-2-3-7-15/h4-5,15H,2-3,6-7H2,1H3,(H,13,14). The van der Waals surface area contributed by atoms with Gasteiger partial charge in [-0.05, 0) is 31.9 Å². The number of nitriles is 1. The number of aromatic nitrogens is 1. The van der Waals surface area contributed by atoms with Crippen LogP contribution in [-0.4, -0.2) is 23.2 Å². The van der Waals surface area contributed by atoms with Crippen molar-refractivity contribution in [3.63, 3.8) is 0 Å². The van der Waals surface area contributed by atoms with E-state index < -0.39 is 0 Å². The molecule has 0 saturated carbocycles. The molecule has 0 amide bonds. The van der Waals surface area contributed by atoms with Gasteiger partial charge in [0.2, 0.25) is 0 Å². The second-order valence-electron chi connectivity index (χ2n) is 3.32. The van der Waals surface area contributed by atoms with Crippen molar-refractivity contribution in [1.82, 2.24) is 4.98 Å². The Morgan fingerprint density at radius 2 is 2.27 bits per heavy atom. The molecule has 0 fully saturated rings. The van der Waals surface area contributed by atoms with Gasteiger partial charge in [0.15, 0.2) is 0 Å². The summed E-state index contributed by atoms with van der Waals surface area (Å²) in [5.74, 6) is 0.635. The Labute approximate surface area is 89.6 Å². The molecule has 1 aromatic rings. The van der Waals surface area contributed by atoms with E-state index in [4.69, 9.17) is 10.4 Å². The minimum atomic E-state index is 0.202. The summed E-state index contributed by atoms with van der Waals surface area (Å²) in [5, 5.41) is 20.5. The van der Waals surface area contributed by atoms with Crippen molar-refractivity contribution < 1.29 is 5.11 Å². The summed E-state index contributed by atoms with van der Waals surface area (Å²) in [4.78, 5) is 4.25. The Kier molecular flexibility index (Phi) is 4.58. The second-order valence-corrected chi connectivity index (χ2v) is 3.32. The number of anilines is 1. The summed E-state index contributed by atoms with van der Waals surface area (Å²) in [5.41, 5.74) is 1.45. The number of rotatable bonds is 5. The highest BCUT2D eigenvalue weighted by Crippen LogP contribution is 2.11. The van der Waals surface area contributed by atoms with Crippen molar-refractivity contribution in [3.05, 3.63) is 23.4 Å². The molecule has 1 rings (SSSR count). The van der Waals surface area contributed by atoms with Gasteiger partial charge in [0.05, 0.1) is 5.56 Å². The van der Waals surface area contributed by atoms with Crippen LogP contribution in [0.1, 0.15) is 24.1 Å². The first-order valence-corrected chi connectivity index (χ1v) is 5.00. The van der Waals surface area contributed by atoms with Gasteiger partial charge in [-0.3, -0.25) is 0 Å². The lowest BCUT2D eigenvalue weighted by Gasteiger charge is -2.07. The van der Waals surface area contributed by atoms with Crippen LogP contribution >= 0.6 is 0 Å². The van der Waals surface area contributed by atoms with Crippen LogP contribution < -0.4 is 5.32 Å². The lowest BCUT2D eigenvalue weighted by molar-refractivity contribution is 0.286. The van der Waals surface area contributed by atoms with E-state index in [1.165, 1.54) is 0 Å². The summed E-state index contributed by atoms with van der Waals surface area (Å²) >= 11 is 0. The minimum Gasteiger partial charge on any atom is -0.396 e. The maximum absolute atomic E-state index is 8.84. The SMILES string of the molecule is Cc1ccc(C#N)c(NCCCCO)n1. The molecule has 1 aromatic heterocycles. The molecule has 0 spiro atoms. The average Bonchev–Trinajstić information content (AvgIpc) is 2.25. The van der Waals surface area contributed by atoms with Gasteiger partial charge in [0, 0.05) is 18.8 Å². The number of pyridine rings is 1. The van der Waals surface area contributed by atoms with Crippen LogP contribution in [0.15, 0.2) is 12.1 Å². The Hall–Kier alpha value is -1.60. The summed E-state index contributed by atoms with van der Waals surface area (Å²) in [7, 11) is 0. The molecule has 0 bridgehead atoms. The normalized spacial score (nSPS) is 9.67. The molecule has 0 aromatic carbocycles. The second kappa shape index (κ2) is 5.99. The first kappa shape index (κ1) is 11.5. The maximum atomic E-state index is 8.84. The monoisotopic (exact) mass is 205 g/mol. The fourth-order valence-corrected chi connectivity index (χ4v) is 1.23. The molecule has 0 aliphatic heterocycles. The molecule has 0 saturated heterocycles. The third-order valence-electron chi connectivity index (χ3n) is 2.03. The van der Waals surface area contributed by atoms with Crippen molar-refractivity contribution >= 4 is 5.82 Å². The van der Waals surface area contributed by atoms with Crippen LogP contribution in [0.2, 0.25) is 0 Å². The van der Waals surface area contributed by atoms with Gasteiger partial charge in [-0.15, -0.1) is 0 Å². The average molecular weight is 205 g/mol. The molecule has 0 radical (unpaired) electrons. The summed E-state index contributed by atoms with van der Waals surface area (Å²) in [6.45, 7) is 2.82. The number of nitrogens with zero attached hydrogens (tertiary/aromatic N) is 2. The third-order valence-corrected chi connectivity index (χ3v) is 2.03. The molecule has 15 heavy (non-hydrogen) atoms. The molecule has 2 N–H and O–H groups in total. The van der Waals surface area contributed by atoms with E-state index in [0.717, 1.165) is 25.1 Å². The third kappa shape index (κ3) is 3.56. The molecule has 4 heteroatoms. The van der Waals surface area contributed by atoms with Crippen LogP contribution in [0.25, 0.3) is 0 Å². The quantitative estimate of drug-likeness (QED) is 0.714. The van der Waals surface area contributed by atoms with Crippen LogP contribution in [0.5, 0.6) is 0 Å². The van der Waals surface area contributed by atoms with Gasteiger partial charge in [-0.1, -0.05) is 0 Å². The highest BCUT2D eigenvalue weighted by Gasteiger charge is 2.02. The Balaban J connectivity index is 2.59. The van der Waals surface area contributed by atoms with Gasteiger partial charge < -0.3 is 10.4 Å². The fraction of sp³-hybridized carbons (Fsp3) is 0.455. The van der Waals surface area contributed by atoms with Crippen LogP contribution in [0.3, 0.4) is 0 Å². The predicted molar refractivity (Wildman–Crippen MR) is 58.5 cm³/mol. The minimum absolute atomic E-state index is 0.202. The van der Waals surface area contributed by atoms with Crippen molar-refractivity contribution in [3.8, 4) is 6.07 Å². The fourth-order valence-electron chi connectivity index (χ4n) is 1.23. The van der Waals surface area contributed by atoms with Crippen LogP contribution in [0.4, 0.5) is 5.82 Å².